The van der Waals surface area contributed by atoms with Gasteiger partial charge >= 0.3 is 0 Å². The van der Waals surface area contributed by atoms with Crippen molar-refractivity contribution < 1.29 is 9.53 Å². The van der Waals surface area contributed by atoms with Crippen LogP contribution in [-0.2, 0) is 11.3 Å². The van der Waals surface area contributed by atoms with E-state index in [1.54, 1.807) is 31.5 Å². The van der Waals surface area contributed by atoms with E-state index in [0.717, 1.165) is 16.9 Å². The maximum atomic E-state index is 12.1. The molecule has 0 fully saturated rings. The van der Waals surface area contributed by atoms with Gasteiger partial charge < -0.3 is 14.6 Å². The fourth-order valence-corrected chi connectivity index (χ4v) is 2.59. The van der Waals surface area contributed by atoms with E-state index in [4.69, 9.17) is 4.74 Å². The number of hydrogen-bond acceptors (Lipinski definition) is 4. The summed E-state index contributed by atoms with van der Waals surface area (Å²) in [6, 6.07) is 11.5. The highest BCUT2D eigenvalue weighted by Crippen LogP contribution is 2.15. The van der Waals surface area contributed by atoms with Crippen LogP contribution in [0.1, 0.15) is 12.7 Å². The number of nitrogens with one attached hydrogen (secondary N) is 1. The number of aromatic nitrogens is 3. The summed E-state index contributed by atoms with van der Waals surface area (Å²) < 4.78 is 7.66. The number of amides is 1. The number of fused-ring (bicyclic) bond motifs is 1. The van der Waals surface area contributed by atoms with Gasteiger partial charge in [0, 0.05) is 19.3 Å². The molecule has 0 bridgehead atoms. The number of imidazole rings is 1. The summed E-state index contributed by atoms with van der Waals surface area (Å²) in [5.74, 6) is 1.36. The summed E-state index contributed by atoms with van der Waals surface area (Å²) in [4.78, 5) is 20.6. The summed E-state index contributed by atoms with van der Waals surface area (Å²) in [6.07, 6.45) is 2.68. The van der Waals surface area contributed by atoms with Gasteiger partial charge in [-0.3, -0.25) is 9.78 Å². The van der Waals surface area contributed by atoms with Crippen LogP contribution >= 0.6 is 0 Å². The number of hydrogen-bond donors (Lipinski definition) is 1. The molecule has 1 amide bonds. The number of aryl methyl sites for hydroxylation is 1. The second kappa shape index (κ2) is 7.12. The number of carbonyl (C=O) groups is 1. The molecule has 3 aromatic rings. The minimum absolute atomic E-state index is 0.152. The van der Waals surface area contributed by atoms with E-state index in [9.17, 15) is 4.79 Å². The highest BCUT2D eigenvalue weighted by atomic mass is 16.5. The van der Waals surface area contributed by atoms with Crippen molar-refractivity contribution >= 4 is 16.9 Å². The molecule has 124 valence electrons. The Morgan fingerprint density at radius 3 is 2.92 bits per heavy atom. The lowest BCUT2D eigenvalue weighted by atomic mass is 10.3. The Labute approximate surface area is 140 Å². The molecule has 6 heteroatoms. The molecule has 2 heterocycles. The zero-order chi connectivity index (χ0) is 16.9. The van der Waals surface area contributed by atoms with Crippen LogP contribution in [0.15, 0.2) is 48.8 Å². The summed E-state index contributed by atoms with van der Waals surface area (Å²) in [7, 11) is 0. The highest BCUT2D eigenvalue weighted by molar-refractivity contribution is 5.80. The Bertz CT molecular complexity index is 829. The Morgan fingerprint density at radius 1 is 1.29 bits per heavy atom. The molecule has 1 aromatic carbocycles. The molecular weight excluding hydrogens is 304 g/mol. The number of nitrogens with zero attached hydrogens (tertiary/aromatic N) is 3. The van der Waals surface area contributed by atoms with Crippen LogP contribution in [0, 0.1) is 6.92 Å². The molecule has 0 unspecified atom stereocenters. The van der Waals surface area contributed by atoms with E-state index in [1.807, 2.05) is 31.2 Å². The maximum Gasteiger partial charge on any atom is 0.260 e. The molecular formula is C18H20N4O2. The second-order valence-electron chi connectivity index (χ2n) is 5.54. The molecule has 0 saturated carbocycles. The Kier molecular flexibility index (Phi) is 4.74. The Balaban J connectivity index is 1.55. The fourth-order valence-electron chi connectivity index (χ4n) is 2.59. The number of benzene rings is 1. The van der Waals surface area contributed by atoms with Crippen LogP contribution in [0.2, 0.25) is 0 Å². The third-order valence-electron chi connectivity index (χ3n) is 3.80. The van der Waals surface area contributed by atoms with Gasteiger partial charge in [0.1, 0.15) is 11.6 Å². The molecule has 0 aliphatic heterocycles. The molecule has 0 aliphatic carbocycles. The monoisotopic (exact) mass is 324 g/mol. The molecule has 24 heavy (non-hydrogen) atoms. The predicted molar refractivity (Wildman–Crippen MR) is 91.8 cm³/mol. The lowest BCUT2D eigenvalue weighted by Gasteiger charge is -2.15. The first kappa shape index (κ1) is 16.0. The lowest BCUT2D eigenvalue weighted by Crippen LogP contribution is -2.38. The number of ether oxygens (including phenoxy) is 1. The first-order valence-electron chi connectivity index (χ1n) is 7.91. The van der Waals surface area contributed by atoms with Crippen LogP contribution in [0.25, 0.3) is 11.0 Å². The zero-order valence-electron chi connectivity index (χ0n) is 13.8. The van der Waals surface area contributed by atoms with Gasteiger partial charge in [0.2, 0.25) is 0 Å². The van der Waals surface area contributed by atoms with Crippen molar-refractivity contribution in [2.75, 3.05) is 6.54 Å². The van der Waals surface area contributed by atoms with E-state index in [0.29, 0.717) is 18.8 Å². The van der Waals surface area contributed by atoms with Crippen molar-refractivity contribution in [2.24, 2.45) is 0 Å². The lowest BCUT2D eigenvalue weighted by molar-refractivity contribution is -0.127. The van der Waals surface area contributed by atoms with Crippen LogP contribution in [-0.4, -0.2) is 33.1 Å². The van der Waals surface area contributed by atoms with Crippen LogP contribution in [0.3, 0.4) is 0 Å². The largest absolute Gasteiger partial charge is 0.479 e. The molecule has 0 aliphatic rings. The first-order valence-corrected chi connectivity index (χ1v) is 7.91. The molecule has 0 radical (unpaired) electrons. The van der Waals surface area contributed by atoms with Crippen molar-refractivity contribution in [1.29, 1.82) is 0 Å². The summed E-state index contributed by atoms with van der Waals surface area (Å²) in [5, 5.41) is 2.90. The minimum Gasteiger partial charge on any atom is -0.479 e. The third kappa shape index (κ3) is 3.53. The van der Waals surface area contributed by atoms with Crippen molar-refractivity contribution in [3.8, 4) is 5.75 Å². The van der Waals surface area contributed by atoms with E-state index >= 15 is 0 Å². The molecule has 2 aromatic heterocycles. The first-order chi connectivity index (χ1) is 11.6. The minimum atomic E-state index is -0.574. The predicted octanol–water partition coefficient (Wildman–Crippen LogP) is 2.32. The summed E-state index contributed by atoms with van der Waals surface area (Å²) in [5.41, 5.74) is 2.04. The fraction of sp³-hybridized carbons (Fsp3) is 0.278. The number of carbonyl (C=O) groups excluding carboxylic acids is 1. The molecule has 1 N–H and O–H groups in total. The van der Waals surface area contributed by atoms with Crippen molar-refractivity contribution in [3.63, 3.8) is 0 Å². The van der Waals surface area contributed by atoms with Gasteiger partial charge in [0.25, 0.3) is 5.91 Å². The molecule has 3 rings (SSSR count). The Morgan fingerprint density at radius 2 is 2.12 bits per heavy atom. The van der Waals surface area contributed by atoms with Gasteiger partial charge in [-0.1, -0.05) is 12.1 Å². The molecule has 6 nitrogen and oxygen atoms in total. The van der Waals surface area contributed by atoms with E-state index in [2.05, 4.69) is 19.9 Å². The van der Waals surface area contributed by atoms with E-state index in [1.165, 1.54) is 0 Å². The Hall–Kier alpha value is -2.89. The van der Waals surface area contributed by atoms with Crippen molar-refractivity contribution in [1.82, 2.24) is 19.9 Å². The van der Waals surface area contributed by atoms with Crippen molar-refractivity contribution in [3.05, 3.63) is 54.6 Å². The normalized spacial score (nSPS) is 12.1. The van der Waals surface area contributed by atoms with Gasteiger partial charge in [-0.15, -0.1) is 0 Å². The average molecular weight is 324 g/mol. The molecule has 0 spiro atoms. The zero-order valence-corrected chi connectivity index (χ0v) is 13.8. The van der Waals surface area contributed by atoms with Crippen LogP contribution in [0.4, 0.5) is 0 Å². The SMILES string of the molecule is Cc1nc2ccccc2n1CCNC(=O)[C@@H](C)Oc1cccnc1. The van der Waals surface area contributed by atoms with E-state index < -0.39 is 6.10 Å². The van der Waals surface area contributed by atoms with Gasteiger partial charge in [-0.25, -0.2) is 4.98 Å². The quantitative estimate of drug-likeness (QED) is 0.755. The molecule has 0 saturated heterocycles. The summed E-state index contributed by atoms with van der Waals surface area (Å²) >= 11 is 0. The summed E-state index contributed by atoms with van der Waals surface area (Å²) in [6.45, 7) is 4.87. The number of rotatable bonds is 6. The van der Waals surface area contributed by atoms with Crippen molar-refractivity contribution in [2.45, 2.75) is 26.5 Å². The standard InChI is InChI=1S/C18H20N4O2/c1-13(24-15-6-5-9-19-12-15)18(23)20-10-11-22-14(2)21-16-7-3-4-8-17(16)22/h3-9,12-13H,10-11H2,1-2H3,(H,20,23)/t13-/m1/s1. The smallest absolute Gasteiger partial charge is 0.260 e. The maximum absolute atomic E-state index is 12.1. The highest BCUT2D eigenvalue weighted by Gasteiger charge is 2.14. The van der Waals surface area contributed by atoms with Gasteiger partial charge in [-0.05, 0) is 38.1 Å². The number of para-hydroxylation sites is 2. The topological polar surface area (TPSA) is 69.0 Å². The number of pyridine rings is 1. The third-order valence-corrected chi connectivity index (χ3v) is 3.80. The molecule has 1 atom stereocenters. The van der Waals surface area contributed by atoms with Crippen LogP contribution < -0.4 is 10.1 Å². The average Bonchev–Trinajstić information content (AvgIpc) is 2.91. The van der Waals surface area contributed by atoms with Gasteiger partial charge in [-0.2, -0.15) is 0 Å². The second-order valence-corrected chi connectivity index (χ2v) is 5.54. The van der Waals surface area contributed by atoms with Crippen LogP contribution in [0.5, 0.6) is 5.75 Å². The van der Waals surface area contributed by atoms with E-state index in [-0.39, 0.29) is 5.91 Å². The van der Waals surface area contributed by atoms with Gasteiger partial charge in [0.15, 0.2) is 6.10 Å². The van der Waals surface area contributed by atoms with Gasteiger partial charge in [0.05, 0.1) is 17.2 Å².